The van der Waals surface area contributed by atoms with E-state index >= 15 is 0 Å². The normalized spacial score (nSPS) is 14.2. The van der Waals surface area contributed by atoms with Crippen LogP contribution in [-0.4, -0.2) is 44.1 Å². The monoisotopic (exact) mass is 385 g/mol. The summed E-state index contributed by atoms with van der Waals surface area (Å²) < 4.78 is 0. The summed E-state index contributed by atoms with van der Waals surface area (Å²) in [5.41, 5.74) is 6.32. The first kappa shape index (κ1) is 17.4. The lowest BCUT2D eigenvalue weighted by molar-refractivity contribution is -0.142. The highest BCUT2D eigenvalue weighted by Gasteiger charge is 2.32. The zero-order valence-electron chi connectivity index (χ0n) is 15.8. The Kier molecular flexibility index (Phi) is 4.01. The predicted octanol–water partition coefficient (Wildman–Crippen LogP) is 3.52. The van der Waals surface area contributed by atoms with Gasteiger partial charge in [0.1, 0.15) is 0 Å². The van der Waals surface area contributed by atoms with Gasteiger partial charge in [0.05, 0.1) is 46.7 Å². The van der Waals surface area contributed by atoms with Gasteiger partial charge in [-0.05, 0) is 37.3 Å². The van der Waals surface area contributed by atoms with Crippen LogP contribution in [0.15, 0.2) is 55.0 Å². The molecule has 1 saturated heterocycles. The summed E-state index contributed by atoms with van der Waals surface area (Å²) in [5, 5.41) is 10.1. The molecule has 0 spiro atoms. The van der Waals surface area contributed by atoms with E-state index in [-0.39, 0.29) is 5.92 Å². The smallest absolute Gasteiger partial charge is 0.310 e. The van der Waals surface area contributed by atoms with Crippen LogP contribution >= 0.6 is 0 Å². The van der Waals surface area contributed by atoms with Crippen molar-refractivity contribution in [3.05, 3.63) is 60.7 Å². The number of carboxylic acids is 1. The van der Waals surface area contributed by atoms with Gasteiger partial charge in [-0.2, -0.15) is 0 Å². The maximum atomic E-state index is 11.1. The van der Waals surface area contributed by atoms with Gasteiger partial charge in [0.15, 0.2) is 0 Å². The number of hydrogen-bond acceptors (Lipinski definition) is 5. The number of nitrogens with zero attached hydrogens (tertiary/aromatic N) is 4. The number of carbonyl (C=O) groups is 1. The van der Waals surface area contributed by atoms with Crippen LogP contribution in [0.25, 0.3) is 33.5 Å². The van der Waals surface area contributed by atoms with E-state index in [1.165, 1.54) is 0 Å². The Morgan fingerprint density at radius 3 is 2.83 bits per heavy atom. The van der Waals surface area contributed by atoms with E-state index in [1.807, 2.05) is 42.2 Å². The summed E-state index contributed by atoms with van der Waals surface area (Å²) in [6.07, 6.45) is 3.48. The Morgan fingerprint density at radius 2 is 2.03 bits per heavy atom. The average Bonchev–Trinajstić information content (AvgIpc) is 3.16. The van der Waals surface area contributed by atoms with E-state index in [9.17, 15) is 4.79 Å². The van der Waals surface area contributed by atoms with Gasteiger partial charge in [-0.1, -0.05) is 12.1 Å². The molecule has 5 rings (SSSR count). The molecule has 0 atom stereocenters. The van der Waals surface area contributed by atoms with Crippen molar-refractivity contribution in [1.82, 2.24) is 19.9 Å². The molecule has 0 saturated carbocycles. The third kappa shape index (κ3) is 3.10. The van der Waals surface area contributed by atoms with Crippen LogP contribution in [0.2, 0.25) is 0 Å². The first-order chi connectivity index (χ1) is 14.1. The van der Waals surface area contributed by atoms with Gasteiger partial charge in [-0.3, -0.25) is 14.8 Å². The number of anilines is 1. The minimum atomic E-state index is -0.742. The van der Waals surface area contributed by atoms with Crippen molar-refractivity contribution in [3.63, 3.8) is 0 Å². The van der Waals surface area contributed by atoms with Gasteiger partial charge in [0, 0.05) is 29.7 Å². The Balaban J connectivity index is 1.51. The van der Waals surface area contributed by atoms with Crippen LogP contribution < -0.4 is 4.90 Å². The molecular formula is C22H19N5O2. The number of aromatic amines is 1. The maximum Gasteiger partial charge on any atom is 0.310 e. The summed E-state index contributed by atoms with van der Waals surface area (Å²) in [6.45, 7) is 3.00. The molecule has 29 heavy (non-hydrogen) atoms. The van der Waals surface area contributed by atoms with Crippen LogP contribution in [0.3, 0.4) is 0 Å². The third-order valence-corrected chi connectivity index (χ3v) is 5.32. The fourth-order valence-electron chi connectivity index (χ4n) is 3.68. The maximum absolute atomic E-state index is 11.1. The molecule has 7 heteroatoms. The molecule has 0 bridgehead atoms. The number of nitrogens with one attached hydrogen (secondary N) is 1. The van der Waals surface area contributed by atoms with E-state index in [4.69, 9.17) is 5.11 Å². The molecule has 1 aliphatic rings. The number of carboxylic acid groups (broad SMARTS) is 1. The van der Waals surface area contributed by atoms with Crippen molar-refractivity contribution in [2.75, 3.05) is 18.0 Å². The minimum absolute atomic E-state index is 0.300. The van der Waals surface area contributed by atoms with Crippen LogP contribution in [0.5, 0.6) is 0 Å². The lowest BCUT2D eigenvalue weighted by Crippen LogP contribution is -2.50. The van der Waals surface area contributed by atoms with Gasteiger partial charge in [-0.15, -0.1) is 0 Å². The highest BCUT2D eigenvalue weighted by Crippen LogP contribution is 2.32. The number of aromatic nitrogens is 4. The standard InChI is InChI=1S/C22H19N5O2/c1-13-3-2-4-19(26-13)21-20(24-12-25-21)14-5-6-18-15(7-14)8-17(9-23-18)27-10-16(11-27)22(28)29/h2-9,12,16H,10-11H2,1H3,(H,24,25)(H,28,29). The summed E-state index contributed by atoms with van der Waals surface area (Å²) >= 11 is 0. The molecule has 1 aliphatic heterocycles. The number of aliphatic carboxylic acids is 1. The minimum Gasteiger partial charge on any atom is -0.481 e. The molecule has 0 aliphatic carbocycles. The van der Waals surface area contributed by atoms with Crippen molar-refractivity contribution in [3.8, 4) is 22.6 Å². The Hall–Kier alpha value is -3.74. The summed E-state index contributed by atoms with van der Waals surface area (Å²) in [5.74, 6) is -1.04. The van der Waals surface area contributed by atoms with Crippen molar-refractivity contribution < 1.29 is 9.90 Å². The zero-order valence-corrected chi connectivity index (χ0v) is 15.8. The fraction of sp³-hybridized carbons (Fsp3) is 0.182. The lowest BCUT2D eigenvalue weighted by Gasteiger charge is -2.38. The first-order valence-corrected chi connectivity index (χ1v) is 9.44. The average molecular weight is 385 g/mol. The SMILES string of the molecule is Cc1cccc(-c2[nH]cnc2-c2ccc3ncc(N4CC(C(=O)O)C4)cc3c2)n1. The highest BCUT2D eigenvalue weighted by molar-refractivity contribution is 5.89. The topological polar surface area (TPSA) is 95.0 Å². The Morgan fingerprint density at radius 1 is 1.17 bits per heavy atom. The molecule has 7 nitrogen and oxygen atoms in total. The van der Waals surface area contributed by atoms with E-state index in [1.54, 1.807) is 12.5 Å². The van der Waals surface area contributed by atoms with Crippen LogP contribution in [-0.2, 0) is 4.79 Å². The van der Waals surface area contributed by atoms with Crippen molar-refractivity contribution in [2.45, 2.75) is 6.92 Å². The van der Waals surface area contributed by atoms with Crippen LogP contribution in [0.1, 0.15) is 5.69 Å². The number of pyridine rings is 2. The largest absolute Gasteiger partial charge is 0.481 e. The van der Waals surface area contributed by atoms with Crippen LogP contribution in [0, 0.1) is 12.8 Å². The summed E-state index contributed by atoms with van der Waals surface area (Å²) in [4.78, 5) is 30.0. The van der Waals surface area contributed by atoms with E-state index in [2.05, 4.69) is 32.1 Å². The number of rotatable bonds is 4. The van der Waals surface area contributed by atoms with Crippen molar-refractivity contribution >= 4 is 22.6 Å². The van der Waals surface area contributed by atoms with Gasteiger partial charge in [0.25, 0.3) is 0 Å². The molecule has 0 unspecified atom stereocenters. The number of benzene rings is 1. The second-order valence-electron chi connectivity index (χ2n) is 7.33. The predicted molar refractivity (Wildman–Crippen MR) is 111 cm³/mol. The number of aryl methyl sites for hydroxylation is 1. The number of H-pyrrole nitrogens is 1. The molecule has 1 fully saturated rings. The van der Waals surface area contributed by atoms with Gasteiger partial charge in [-0.25, -0.2) is 4.98 Å². The molecule has 0 radical (unpaired) electrons. The molecule has 2 N–H and O–H groups in total. The summed E-state index contributed by atoms with van der Waals surface area (Å²) in [6, 6.07) is 14.0. The quantitative estimate of drug-likeness (QED) is 0.558. The van der Waals surface area contributed by atoms with E-state index < -0.39 is 5.97 Å². The molecular weight excluding hydrogens is 366 g/mol. The molecule has 3 aromatic heterocycles. The van der Waals surface area contributed by atoms with Gasteiger partial charge >= 0.3 is 5.97 Å². The number of imidazole rings is 1. The molecule has 0 amide bonds. The fourth-order valence-corrected chi connectivity index (χ4v) is 3.68. The van der Waals surface area contributed by atoms with Crippen LogP contribution in [0.4, 0.5) is 5.69 Å². The van der Waals surface area contributed by atoms with E-state index in [0.29, 0.717) is 13.1 Å². The first-order valence-electron chi connectivity index (χ1n) is 9.44. The zero-order chi connectivity index (χ0) is 20.0. The van der Waals surface area contributed by atoms with Crippen molar-refractivity contribution in [2.24, 2.45) is 5.92 Å². The number of fused-ring (bicyclic) bond motifs is 1. The van der Waals surface area contributed by atoms with Gasteiger partial charge in [0.2, 0.25) is 0 Å². The third-order valence-electron chi connectivity index (χ3n) is 5.32. The Labute approximate surface area is 167 Å². The second kappa shape index (κ2) is 6.70. The lowest BCUT2D eigenvalue weighted by atomic mass is 9.99. The van der Waals surface area contributed by atoms with E-state index in [0.717, 1.165) is 44.9 Å². The molecule has 4 aromatic rings. The molecule has 144 valence electrons. The second-order valence-corrected chi connectivity index (χ2v) is 7.33. The highest BCUT2D eigenvalue weighted by atomic mass is 16.4. The molecule has 1 aromatic carbocycles. The summed E-state index contributed by atoms with van der Waals surface area (Å²) in [7, 11) is 0. The number of hydrogen-bond donors (Lipinski definition) is 2. The van der Waals surface area contributed by atoms with Crippen molar-refractivity contribution in [1.29, 1.82) is 0 Å². The Bertz CT molecular complexity index is 1230. The molecule has 4 heterocycles. The van der Waals surface area contributed by atoms with Gasteiger partial charge < -0.3 is 15.0 Å².